The van der Waals surface area contributed by atoms with Gasteiger partial charge < -0.3 is 10.2 Å². The zero-order valence-electron chi connectivity index (χ0n) is 12.3. The van der Waals surface area contributed by atoms with Crippen LogP contribution in [-0.4, -0.2) is 6.54 Å². The second kappa shape index (κ2) is 5.68. The van der Waals surface area contributed by atoms with Gasteiger partial charge in [-0.05, 0) is 36.2 Å². The van der Waals surface area contributed by atoms with Crippen molar-refractivity contribution < 1.29 is 0 Å². The Morgan fingerprint density at radius 3 is 2.25 bits per heavy atom. The van der Waals surface area contributed by atoms with E-state index in [1.807, 2.05) is 0 Å². The minimum atomic E-state index is 0.389. The fraction of sp³-hybridized carbons (Fsp3) is 0.333. The Labute approximate surface area is 121 Å². The van der Waals surface area contributed by atoms with Gasteiger partial charge >= 0.3 is 0 Å². The molecule has 20 heavy (non-hydrogen) atoms. The first-order valence-corrected chi connectivity index (χ1v) is 7.43. The number of fused-ring (bicyclic) bond motifs is 1. The van der Waals surface area contributed by atoms with E-state index in [9.17, 15) is 0 Å². The first-order valence-electron chi connectivity index (χ1n) is 7.43. The molecule has 1 N–H and O–H groups in total. The van der Waals surface area contributed by atoms with Gasteiger partial charge in [-0.15, -0.1) is 0 Å². The number of nitrogens with one attached hydrogen (secondary N) is 1. The number of benzene rings is 2. The molecule has 2 nitrogen and oxygen atoms in total. The summed E-state index contributed by atoms with van der Waals surface area (Å²) in [7, 11) is 0. The van der Waals surface area contributed by atoms with Crippen LogP contribution in [0.5, 0.6) is 0 Å². The van der Waals surface area contributed by atoms with Gasteiger partial charge in [-0.25, -0.2) is 0 Å². The van der Waals surface area contributed by atoms with Gasteiger partial charge in [-0.1, -0.05) is 49.4 Å². The smallest absolute Gasteiger partial charge is 0.0436 e. The fourth-order valence-electron chi connectivity index (χ4n) is 3.06. The maximum atomic E-state index is 3.52. The van der Waals surface area contributed by atoms with E-state index >= 15 is 0 Å². The van der Waals surface area contributed by atoms with Crippen molar-refractivity contribution in [1.29, 1.82) is 0 Å². The largest absolute Gasteiger partial charge is 0.363 e. The van der Waals surface area contributed by atoms with Crippen LogP contribution in [0.25, 0.3) is 0 Å². The summed E-state index contributed by atoms with van der Waals surface area (Å²) in [5.41, 5.74) is 5.66. The molecule has 2 aromatic rings. The van der Waals surface area contributed by atoms with Crippen LogP contribution in [0.3, 0.4) is 0 Å². The molecule has 0 aromatic heterocycles. The lowest BCUT2D eigenvalue weighted by Gasteiger charge is -2.25. The van der Waals surface area contributed by atoms with Crippen LogP contribution in [-0.2, 0) is 13.1 Å². The van der Waals surface area contributed by atoms with Crippen molar-refractivity contribution >= 4 is 5.69 Å². The Kier molecular flexibility index (Phi) is 3.75. The lowest BCUT2D eigenvalue weighted by atomic mass is 10.1. The molecule has 2 heteroatoms. The SMILES string of the molecule is CCNC(C)c1ccccc1N1Cc2ccccc2C1. The highest BCUT2D eigenvalue weighted by Crippen LogP contribution is 2.33. The van der Waals surface area contributed by atoms with E-state index in [1.54, 1.807) is 0 Å². The molecule has 1 aliphatic rings. The Morgan fingerprint density at radius 2 is 1.60 bits per heavy atom. The fourth-order valence-corrected chi connectivity index (χ4v) is 3.06. The van der Waals surface area contributed by atoms with Crippen LogP contribution in [0.15, 0.2) is 48.5 Å². The van der Waals surface area contributed by atoms with Crippen LogP contribution < -0.4 is 10.2 Å². The van der Waals surface area contributed by atoms with Gasteiger partial charge in [-0.3, -0.25) is 0 Å². The van der Waals surface area contributed by atoms with Crippen molar-refractivity contribution in [2.75, 3.05) is 11.4 Å². The minimum Gasteiger partial charge on any atom is -0.363 e. The summed E-state index contributed by atoms with van der Waals surface area (Å²) in [6.07, 6.45) is 0. The Bertz CT molecular complexity index is 566. The predicted octanol–water partition coefficient (Wildman–Crippen LogP) is 3.88. The molecule has 1 unspecified atom stereocenters. The van der Waals surface area contributed by atoms with Crippen molar-refractivity contribution in [3.8, 4) is 0 Å². The molecule has 0 saturated carbocycles. The normalized spacial score (nSPS) is 15.2. The second-order valence-electron chi connectivity index (χ2n) is 5.46. The summed E-state index contributed by atoms with van der Waals surface area (Å²) in [4.78, 5) is 2.48. The number of rotatable bonds is 4. The van der Waals surface area contributed by atoms with Crippen molar-refractivity contribution in [3.05, 3.63) is 65.2 Å². The molecule has 0 bridgehead atoms. The van der Waals surface area contributed by atoms with Crippen LogP contribution in [0.2, 0.25) is 0 Å². The second-order valence-corrected chi connectivity index (χ2v) is 5.46. The third-order valence-corrected chi connectivity index (χ3v) is 4.10. The van der Waals surface area contributed by atoms with E-state index in [-0.39, 0.29) is 0 Å². The molecule has 1 heterocycles. The summed E-state index contributed by atoms with van der Waals surface area (Å²) in [5, 5.41) is 3.52. The average molecular weight is 266 g/mol. The van der Waals surface area contributed by atoms with Crippen molar-refractivity contribution in [2.45, 2.75) is 33.0 Å². The molecule has 0 spiro atoms. The summed E-state index contributed by atoms with van der Waals surface area (Å²) in [6, 6.07) is 17.9. The highest BCUT2D eigenvalue weighted by Gasteiger charge is 2.21. The molecule has 0 aliphatic carbocycles. The highest BCUT2D eigenvalue weighted by molar-refractivity contribution is 5.58. The van der Waals surface area contributed by atoms with Gasteiger partial charge in [0.15, 0.2) is 0 Å². The zero-order valence-corrected chi connectivity index (χ0v) is 12.3. The van der Waals surface area contributed by atoms with Crippen LogP contribution >= 0.6 is 0 Å². The monoisotopic (exact) mass is 266 g/mol. The average Bonchev–Trinajstić information content (AvgIpc) is 2.91. The number of nitrogens with zero attached hydrogens (tertiary/aromatic N) is 1. The number of para-hydroxylation sites is 1. The summed E-state index contributed by atoms with van der Waals surface area (Å²) < 4.78 is 0. The summed E-state index contributed by atoms with van der Waals surface area (Å²) in [5.74, 6) is 0. The van der Waals surface area contributed by atoms with Crippen molar-refractivity contribution in [2.24, 2.45) is 0 Å². The van der Waals surface area contributed by atoms with Crippen LogP contribution in [0.1, 0.15) is 36.6 Å². The maximum absolute atomic E-state index is 3.52. The number of hydrogen-bond acceptors (Lipinski definition) is 2. The molecule has 0 amide bonds. The quantitative estimate of drug-likeness (QED) is 0.903. The van der Waals surface area contributed by atoms with Crippen LogP contribution in [0, 0.1) is 0 Å². The Hall–Kier alpha value is -1.80. The van der Waals surface area contributed by atoms with E-state index in [0.717, 1.165) is 19.6 Å². The molecule has 1 atom stereocenters. The summed E-state index contributed by atoms with van der Waals surface area (Å²) in [6.45, 7) is 7.43. The molecule has 0 saturated heterocycles. The van der Waals surface area contributed by atoms with Gasteiger partial charge in [0.1, 0.15) is 0 Å². The van der Waals surface area contributed by atoms with Gasteiger partial charge in [0.05, 0.1) is 0 Å². The Balaban J connectivity index is 1.89. The molecule has 104 valence electrons. The van der Waals surface area contributed by atoms with E-state index in [0.29, 0.717) is 6.04 Å². The third kappa shape index (κ3) is 2.44. The van der Waals surface area contributed by atoms with Gasteiger partial charge in [0, 0.05) is 24.8 Å². The molecule has 3 rings (SSSR count). The van der Waals surface area contributed by atoms with E-state index in [4.69, 9.17) is 0 Å². The molecule has 1 aliphatic heterocycles. The van der Waals surface area contributed by atoms with Crippen molar-refractivity contribution in [1.82, 2.24) is 5.32 Å². The van der Waals surface area contributed by atoms with E-state index < -0.39 is 0 Å². The Morgan fingerprint density at radius 1 is 1.00 bits per heavy atom. The van der Waals surface area contributed by atoms with Gasteiger partial charge in [0.25, 0.3) is 0 Å². The molecular weight excluding hydrogens is 244 g/mol. The zero-order chi connectivity index (χ0) is 13.9. The van der Waals surface area contributed by atoms with E-state index in [1.165, 1.54) is 22.4 Å². The molecular formula is C18H22N2. The third-order valence-electron chi connectivity index (χ3n) is 4.10. The molecule has 0 fully saturated rings. The first kappa shape index (κ1) is 13.2. The highest BCUT2D eigenvalue weighted by atomic mass is 15.1. The number of anilines is 1. The van der Waals surface area contributed by atoms with Crippen LogP contribution in [0.4, 0.5) is 5.69 Å². The first-order chi connectivity index (χ1) is 9.79. The lowest BCUT2D eigenvalue weighted by molar-refractivity contribution is 0.596. The summed E-state index contributed by atoms with van der Waals surface area (Å²) >= 11 is 0. The molecule has 2 aromatic carbocycles. The standard InChI is InChI=1S/C18H22N2/c1-3-19-14(2)17-10-6-7-11-18(17)20-12-15-8-4-5-9-16(15)13-20/h4-11,14,19H,3,12-13H2,1-2H3. The maximum Gasteiger partial charge on any atom is 0.0436 e. The van der Waals surface area contributed by atoms with E-state index in [2.05, 4.69) is 72.6 Å². The van der Waals surface area contributed by atoms with Gasteiger partial charge in [0.2, 0.25) is 0 Å². The van der Waals surface area contributed by atoms with Crippen molar-refractivity contribution in [3.63, 3.8) is 0 Å². The topological polar surface area (TPSA) is 15.3 Å². The predicted molar refractivity (Wildman–Crippen MR) is 84.9 cm³/mol. The molecule has 0 radical (unpaired) electrons. The minimum absolute atomic E-state index is 0.389. The lowest BCUT2D eigenvalue weighted by Crippen LogP contribution is -2.22. The number of hydrogen-bond donors (Lipinski definition) is 1. The van der Waals surface area contributed by atoms with Gasteiger partial charge in [-0.2, -0.15) is 0 Å².